The number of nitrogens with zero attached hydrogens (tertiary/aromatic N) is 1. The summed E-state index contributed by atoms with van der Waals surface area (Å²) >= 11 is 0. The Kier molecular flexibility index (Phi) is 3.57. The number of fused-ring (bicyclic) bond motifs is 4. The van der Waals surface area contributed by atoms with Crippen molar-refractivity contribution in [3.63, 3.8) is 0 Å². The third-order valence-corrected chi connectivity index (χ3v) is 5.64. The molecule has 3 saturated heterocycles. The minimum atomic E-state index is -0.452. The van der Waals surface area contributed by atoms with Gasteiger partial charge in [0.15, 0.2) is 0 Å². The van der Waals surface area contributed by atoms with Crippen LogP contribution < -0.4 is 0 Å². The number of carbonyl (C=O) groups excluding carboxylic acids is 2. The Bertz CT molecular complexity index is 838. The first-order valence-corrected chi connectivity index (χ1v) is 9.00. The molecule has 0 spiro atoms. The van der Waals surface area contributed by atoms with Gasteiger partial charge in [-0.25, -0.2) is 0 Å². The van der Waals surface area contributed by atoms with E-state index >= 15 is 0 Å². The van der Waals surface area contributed by atoms with Gasteiger partial charge in [-0.15, -0.1) is 0 Å². The largest absolute Gasteiger partial charge is 0.461 e. The van der Waals surface area contributed by atoms with Crippen molar-refractivity contribution in [2.75, 3.05) is 0 Å². The zero-order chi connectivity index (χ0) is 17.7. The van der Waals surface area contributed by atoms with Gasteiger partial charge in [-0.1, -0.05) is 60.7 Å². The lowest BCUT2D eigenvalue weighted by Crippen LogP contribution is -2.59. The SMILES string of the molecule is O=C1O[C@H]2C[C@H]1N1[C@H](C2)C(=O)O[C@@H](c2ccccc2)[C@H]1c1ccccc1. The predicted octanol–water partition coefficient (Wildman–Crippen LogP) is 2.78. The van der Waals surface area contributed by atoms with Gasteiger partial charge in [0.05, 0.1) is 6.04 Å². The average Bonchev–Trinajstić information content (AvgIpc) is 2.98. The number of cyclic esters (lactones) is 1. The number of hydrogen-bond acceptors (Lipinski definition) is 5. The molecular formula is C21H19NO4. The Balaban J connectivity index is 1.64. The minimum Gasteiger partial charge on any atom is -0.461 e. The number of carbonyl (C=O) groups is 2. The first-order valence-electron chi connectivity index (χ1n) is 9.00. The van der Waals surface area contributed by atoms with E-state index in [0.29, 0.717) is 12.8 Å². The molecular weight excluding hydrogens is 330 g/mol. The molecule has 5 heteroatoms. The van der Waals surface area contributed by atoms with Crippen LogP contribution in [0.3, 0.4) is 0 Å². The molecule has 3 heterocycles. The van der Waals surface area contributed by atoms with E-state index in [1.807, 2.05) is 65.6 Å². The second-order valence-corrected chi connectivity index (χ2v) is 7.13. The van der Waals surface area contributed by atoms with E-state index in [1.54, 1.807) is 0 Å². The average molecular weight is 349 g/mol. The molecule has 2 aromatic carbocycles. The lowest BCUT2D eigenvalue weighted by atomic mass is 9.85. The summed E-state index contributed by atoms with van der Waals surface area (Å²) in [6.07, 6.45) is 0.526. The summed E-state index contributed by atoms with van der Waals surface area (Å²) in [5, 5.41) is 0. The smallest absolute Gasteiger partial charge is 0.324 e. The van der Waals surface area contributed by atoms with Crippen molar-refractivity contribution in [3.05, 3.63) is 71.8 Å². The number of rotatable bonds is 2. The van der Waals surface area contributed by atoms with Crippen LogP contribution >= 0.6 is 0 Å². The maximum atomic E-state index is 12.8. The van der Waals surface area contributed by atoms with Crippen LogP contribution in [0.2, 0.25) is 0 Å². The molecule has 2 aromatic rings. The van der Waals surface area contributed by atoms with Gasteiger partial charge in [0.2, 0.25) is 0 Å². The summed E-state index contributed by atoms with van der Waals surface area (Å²) in [4.78, 5) is 27.3. The first-order chi connectivity index (χ1) is 12.7. The van der Waals surface area contributed by atoms with Crippen LogP contribution in [0, 0.1) is 0 Å². The third-order valence-electron chi connectivity index (χ3n) is 5.64. The molecule has 5 atom stereocenters. The zero-order valence-electron chi connectivity index (χ0n) is 14.2. The van der Waals surface area contributed by atoms with Gasteiger partial charge in [-0.3, -0.25) is 14.5 Å². The molecule has 0 N–H and O–H groups in total. The molecule has 3 aliphatic heterocycles. The van der Waals surface area contributed by atoms with E-state index < -0.39 is 12.1 Å². The molecule has 0 aliphatic carbocycles. The molecule has 5 nitrogen and oxygen atoms in total. The van der Waals surface area contributed by atoms with E-state index in [4.69, 9.17) is 9.47 Å². The minimum absolute atomic E-state index is 0.175. The van der Waals surface area contributed by atoms with Gasteiger partial charge in [0.25, 0.3) is 0 Å². The lowest BCUT2D eigenvalue weighted by Gasteiger charge is -2.48. The Morgan fingerprint density at radius 3 is 1.88 bits per heavy atom. The van der Waals surface area contributed by atoms with Crippen molar-refractivity contribution in [2.24, 2.45) is 0 Å². The lowest BCUT2D eigenvalue weighted by molar-refractivity contribution is -0.182. The van der Waals surface area contributed by atoms with Crippen LogP contribution in [0.1, 0.15) is 36.1 Å². The fraction of sp³-hybridized carbons (Fsp3) is 0.333. The molecule has 0 aromatic heterocycles. The maximum Gasteiger partial charge on any atom is 0.324 e. The number of ether oxygens (including phenoxy) is 2. The molecule has 3 aliphatic rings. The van der Waals surface area contributed by atoms with Crippen LogP contribution in [0.5, 0.6) is 0 Å². The van der Waals surface area contributed by atoms with Gasteiger partial charge in [0.1, 0.15) is 24.3 Å². The molecule has 2 bridgehead atoms. The molecule has 132 valence electrons. The second-order valence-electron chi connectivity index (χ2n) is 7.13. The Labute approximate surface area is 151 Å². The van der Waals surface area contributed by atoms with Gasteiger partial charge in [0, 0.05) is 12.8 Å². The molecule has 26 heavy (non-hydrogen) atoms. The van der Waals surface area contributed by atoms with Crippen molar-refractivity contribution in [3.8, 4) is 0 Å². The van der Waals surface area contributed by atoms with Crippen molar-refractivity contribution in [1.29, 1.82) is 0 Å². The van der Waals surface area contributed by atoms with Crippen LogP contribution in [0.25, 0.3) is 0 Å². The van der Waals surface area contributed by atoms with Gasteiger partial charge < -0.3 is 9.47 Å². The van der Waals surface area contributed by atoms with Crippen molar-refractivity contribution < 1.29 is 19.1 Å². The highest BCUT2D eigenvalue weighted by atomic mass is 16.6. The topological polar surface area (TPSA) is 55.8 Å². The van der Waals surface area contributed by atoms with Gasteiger partial charge >= 0.3 is 11.9 Å². The number of hydrogen-bond donors (Lipinski definition) is 0. The molecule has 0 radical (unpaired) electrons. The monoisotopic (exact) mass is 349 g/mol. The maximum absolute atomic E-state index is 12.8. The van der Waals surface area contributed by atoms with Crippen LogP contribution in [-0.4, -0.2) is 35.0 Å². The molecule has 3 fully saturated rings. The number of morpholine rings is 1. The molecule has 5 rings (SSSR count). The number of benzene rings is 2. The van der Waals surface area contributed by atoms with Crippen molar-refractivity contribution in [2.45, 2.75) is 43.2 Å². The first kappa shape index (κ1) is 15.6. The van der Waals surface area contributed by atoms with Crippen LogP contribution in [-0.2, 0) is 19.1 Å². The van der Waals surface area contributed by atoms with E-state index in [1.165, 1.54) is 0 Å². The van der Waals surface area contributed by atoms with Crippen LogP contribution in [0.4, 0.5) is 0 Å². The second kappa shape index (κ2) is 5.95. The number of piperidine rings is 1. The Morgan fingerprint density at radius 2 is 1.27 bits per heavy atom. The summed E-state index contributed by atoms with van der Waals surface area (Å²) < 4.78 is 11.4. The summed E-state index contributed by atoms with van der Waals surface area (Å²) in [6, 6.07) is 18.7. The van der Waals surface area contributed by atoms with Gasteiger partial charge in [-0.2, -0.15) is 0 Å². The van der Waals surface area contributed by atoms with E-state index in [0.717, 1.165) is 11.1 Å². The van der Waals surface area contributed by atoms with Crippen molar-refractivity contribution >= 4 is 11.9 Å². The Morgan fingerprint density at radius 1 is 0.731 bits per heavy atom. The summed E-state index contributed by atoms with van der Waals surface area (Å²) in [7, 11) is 0. The third kappa shape index (κ3) is 2.35. The summed E-state index contributed by atoms with van der Waals surface area (Å²) in [5.74, 6) is -0.487. The predicted molar refractivity (Wildman–Crippen MR) is 93.0 cm³/mol. The Hall–Kier alpha value is -2.66. The zero-order valence-corrected chi connectivity index (χ0v) is 14.2. The highest BCUT2D eigenvalue weighted by molar-refractivity contribution is 5.83. The van der Waals surface area contributed by atoms with Gasteiger partial charge in [-0.05, 0) is 11.1 Å². The fourth-order valence-electron chi connectivity index (χ4n) is 4.53. The standard InChI is InChI=1S/C21H19NO4/c23-20-16-11-15(25-20)12-17-21(24)26-19(14-9-5-2-6-10-14)18(22(16)17)13-7-3-1-4-8-13/h1-10,15-19H,11-12H2/t15-,16+,17+,18+,19-/m0/s1. The van der Waals surface area contributed by atoms with E-state index in [2.05, 4.69) is 0 Å². The summed E-state index contributed by atoms with van der Waals surface area (Å²) in [6.45, 7) is 0. The highest BCUT2D eigenvalue weighted by Crippen LogP contribution is 2.48. The van der Waals surface area contributed by atoms with Crippen molar-refractivity contribution in [1.82, 2.24) is 4.90 Å². The normalized spacial score (nSPS) is 33.3. The van der Waals surface area contributed by atoms with E-state index in [9.17, 15) is 9.59 Å². The molecule has 0 unspecified atom stereocenters. The fourth-order valence-corrected chi connectivity index (χ4v) is 4.53. The van der Waals surface area contributed by atoms with E-state index in [-0.39, 0.29) is 30.1 Å². The van der Waals surface area contributed by atoms with Crippen LogP contribution in [0.15, 0.2) is 60.7 Å². The number of esters is 2. The summed E-state index contributed by atoms with van der Waals surface area (Å²) in [5.41, 5.74) is 1.97. The quantitative estimate of drug-likeness (QED) is 0.781. The highest BCUT2D eigenvalue weighted by Gasteiger charge is 2.57. The molecule has 0 amide bonds. The molecule has 0 saturated carbocycles.